The zero-order valence-electron chi connectivity index (χ0n) is 22.6. The molecule has 9 nitrogen and oxygen atoms in total. The van der Waals surface area contributed by atoms with Crippen LogP contribution in [0.15, 0.2) is 24.5 Å². The molecule has 2 aromatic rings. The van der Waals surface area contributed by atoms with Gasteiger partial charge in [0.05, 0.1) is 18.3 Å². The predicted molar refractivity (Wildman–Crippen MR) is 141 cm³/mol. The van der Waals surface area contributed by atoms with E-state index in [2.05, 4.69) is 27.3 Å². The number of aryl methyl sites for hydroxylation is 2. The standard InChI is InChI=1S/C28H41N5O4/c1-6-7-10-33-26(36)22(24(34)17(2)3)31-27(37)28(33)8-11-32(12-9-28)23(21-15-29-30-16-21)20-13-18(4)25(35)19(5)14-20/h13-17,22-24,34-35H,6-12H2,1-5H3,(H,29,30)(H,31,37)/t22-,23?,24-/m1/s1. The molecule has 2 aliphatic rings. The van der Waals surface area contributed by atoms with Crippen molar-refractivity contribution >= 4 is 11.8 Å². The number of likely N-dealkylation sites (tertiary alicyclic amines) is 1. The minimum absolute atomic E-state index is 0.101. The second-order valence-electron chi connectivity index (χ2n) is 11.0. The Kier molecular flexibility index (Phi) is 7.94. The van der Waals surface area contributed by atoms with Crippen LogP contribution in [0.3, 0.4) is 0 Å². The fourth-order valence-corrected chi connectivity index (χ4v) is 5.92. The number of carbonyl (C=O) groups excluding carboxylic acids is 2. The van der Waals surface area contributed by atoms with Gasteiger partial charge in [-0.3, -0.25) is 19.6 Å². The van der Waals surface area contributed by atoms with E-state index in [1.807, 2.05) is 52.2 Å². The average Bonchev–Trinajstić information content (AvgIpc) is 3.40. The topological polar surface area (TPSA) is 122 Å². The Balaban J connectivity index is 1.63. The second-order valence-corrected chi connectivity index (χ2v) is 11.0. The number of H-pyrrole nitrogens is 1. The molecule has 4 rings (SSSR count). The van der Waals surface area contributed by atoms with Gasteiger partial charge in [-0.25, -0.2) is 0 Å². The van der Waals surface area contributed by atoms with E-state index in [4.69, 9.17) is 0 Å². The summed E-state index contributed by atoms with van der Waals surface area (Å²) >= 11 is 0. The average molecular weight is 512 g/mol. The van der Waals surface area contributed by atoms with Crippen molar-refractivity contribution in [2.75, 3.05) is 19.6 Å². The van der Waals surface area contributed by atoms with Crippen LogP contribution < -0.4 is 5.32 Å². The van der Waals surface area contributed by atoms with Crippen LogP contribution in [0, 0.1) is 19.8 Å². The third kappa shape index (κ3) is 4.99. The minimum atomic E-state index is -0.926. The number of nitrogens with zero attached hydrogens (tertiary/aromatic N) is 3. The van der Waals surface area contributed by atoms with E-state index in [1.54, 1.807) is 4.90 Å². The number of amides is 2. The van der Waals surface area contributed by atoms with E-state index < -0.39 is 17.7 Å². The molecule has 202 valence electrons. The lowest BCUT2D eigenvalue weighted by Gasteiger charge is -2.53. The van der Waals surface area contributed by atoms with Crippen LogP contribution in [-0.4, -0.2) is 79.3 Å². The van der Waals surface area contributed by atoms with Gasteiger partial charge in [0.1, 0.15) is 17.3 Å². The number of piperazine rings is 1. The number of aliphatic hydroxyl groups is 1. The summed E-state index contributed by atoms with van der Waals surface area (Å²) < 4.78 is 0. The second kappa shape index (κ2) is 10.8. The third-order valence-electron chi connectivity index (χ3n) is 8.17. The molecular weight excluding hydrogens is 470 g/mol. The molecule has 1 aromatic heterocycles. The monoisotopic (exact) mass is 511 g/mol. The summed E-state index contributed by atoms with van der Waals surface area (Å²) in [5.41, 5.74) is 2.77. The number of phenols is 1. The fraction of sp³-hybridized carbons (Fsp3) is 0.607. The first-order chi connectivity index (χ1) is 17.6. The normalized spacial score (nSPS) is 21.9. The van der Waals surface area contributed by atoms with Crippen molar-refractivity contribution in [3.63, 3.8) is 0 Å². The van der Waals surface area contributed by atoms with Crippen molar-refractivity contribution in [2.45, 2.75) is 84.0 Å². The van der Waals surface area contributed by atoms with E-state index in [0.29, 0.717) is 38.2 Å². The lowest BCUT2D eigenvalue weighted by Crippen LogP contribution is -2.75. The maximum atomic E-state index is 13.7. The maximum Gasteiger partial charge on any atom is 0.248 e. The van der Waals surface area contributed by atoms with Gasteiger partial charge in [-0.1, -0.05) is 39.3 Å². The number of hydrogen-bond acceptors (Lipinski definition) is 6. The van der Waals surface area contributed by atoms with Crippen molar-refractivity contribution in [3.05, 3.63) is 46.8 Å². The molecule has 4 N–H and O–H groups in total. The van der Waals surface area contributed by atoms with Crippen LogP contribution in [0.4, 0.5) is 0 Å². The molecule has 2 fully saturated rings. The van der Waals surface area contributed by atoms with Gasteiger partial charge in [-0.2, -0.15) is 5.10 Å². The van der Waals surface area contributed by atoms with E-state index in [1.165, 1.54) is 0 Å². The molecule has 3 heterocycles. The van der Waals surface area contributed by atoms with E-state index in [0.717, 1.165) is 35.1 Å². The largest absolute Gasteiger partial charge is 0.507 e. The Morgan fingerprint density at radius 2 is 1.78 bits per heavy atom. The van der Waals surface area contributed by atoms with Crippen LogP contribution in [0.25, 0.3) is 0 Å². The number of nitrogens with one attached hydrogen (secondary N) is 2. The first-order valence-electron chi connectivity index (χ1n) is 13.4. The van der Waals surface area contributed by atoms with Crippen molar-refractivity contribution in [1.82, 2.24) is 25.3 Å². The van der Waals surface area contributed by atoms with Gasteiger partial charge in [0.15, 0.2) is 0 Å². The molecule has 0 bridgehead atoms. The smallest absolute Gasteiger partial charge is 0.248 e. The summed E-state index contributed by atoms with van der Waals surface area (Å²) in [4.78, 5) is 31.4. The third-order valence-corrected chi connectivity index (χ3v) is 8.17. The minimum Gasteiger partial charge on any atom is -0.507 e. The van der Waals surface area contributed by atoms with Gasteiger partial charge >= 0.3 is 0 Å². The number of phenolic OH excluding ortho intramolecular Hbond substituents is 1. The maximum absolute atomic E-state index is 13.7. The van der Waals surface area contributed by atoms with Crippen molar-refractivity contribution < 1.29 is 19.8 Å². The lowest BCUT2D eigenvalue weighted by molar-refractivity contribution is -0.165. The van der Waals surface area contributed by atoms with E-state index in [9.17, 15) is 19.8 Å². The molecule has 1 aromatic carbocycles. The molecule has 0 saturated carbocycles. The van der Waals surface area contributed by atoms with Crippen molar-refractivity contribution in [3.8, 4) is 5.75 Å². The summed E-state index contributed by atoms with van der Waals surface area (Å²) in [6.07, 6.45) is 5.49. The highest BCUT2D eigenvalue weighted by Crippen LogP contribution is 2.39. The number of aliphatic hydroxyl groups excluding tert-OH is 1. The fourth-order valence-electron chi connectivity index (χ4n) is 5.92. The van der Waals surface area contributed by atoms with E-state index >= 15 is 0 Å². The summed E-state index contributed by atoms with van der Waals surface area (Å²) in [6.45, 7) is 11.3. The molecule has 37 heavy (non-hydrogen) atoms. The molecule has 2 saturated heterocycles. The molecule has 1 spiro atoms. The molecule has 0 aliphatic carbocycles. The number of piperidine rings is 1. The van der Waals surface area contributed by atoms with Gasteiger partial charge < -0.3 is 20.4 Å². The number of benzene rings is 1. The summed E-state index contributed by atoms with van der Waals surface area (Å²) in [5.74, 6) is -0.192. The van der Waals surface area contributed by atoms with Gasteiger partial charge in [0, 0.05) is 31.4 Å². The Labute approximate surface area is 219 Å². The number of rotatable bonds is 8. The van der Waals surface area contributed by atoms with Crippen LogP contribution >= 0.6 is 0 Å². The molecule has 2 amide bonds. The van der Waals surface area contributed by atoms with Crippen LogP contribution in [0.1, 0.15) is 74.8 Å². The zero-order valence-corrected chi connectivity index (χ0v) is 22.6. The summed E-state index contributed by atoms with van der Waals surface area (Å²) in [6, 6.07) is 3.00. The van der Waals surface area contributed by atoms with Gasteiger partial charge in [-0.15, -0.1) is 0 Å². The quantitative estimate of drug-likeness (QED) is 0.432. The number of hydrogen-bond donors (Lipinski definition) is 4. The lowest BCUT2D eigenvalue weighted by atomic mass is 9.79. The zero-order chi connectivity index (χ0) is 26.9. The van der Waals surface area contributed by atoms with E-state index in [-0.39, 0.29) is 23.8 Å². The Morgan fingerprint density at radius 3 is 2.32 bits per heavy atom. The highest BCUT2D eigenvalue weighted by Gasteiger charge is 2.55. The van der Waals surface area contributed by atoms with Gasteiger partial charge in [0.25, 0.3) is 0 Å². The number of aromatic nitrogens is 2. The summed E-state index contributed by atoms with van der Waals surface area (Å²) in [7, 11) is 0. The molecule has 3 atom stereocenters. The van der Waals surface area contributed by atoms with Crippen LogP contribution in [-0.2, 0) is 9.59 Å². The number of aromatic amines is 1. The van der Waals surface area contributed by atoms with Crippen LogP contribution in [0.5, 0.6) is 5.75 Å². The number of unbranched alkanes of at least 4 members (excludes halogenated alkanes) is 1. The number of carbonyl (C=O) groups is 2. The Hall–Kier alpha value is -2.91. The van der Waals surface area contributed by atoms with Gasteiger partial charge in [-0.05, 0) is 55.7 Å². The molecule has 9 heteroatoms. The molecule has 0 radical (unpaired) electrons. The van der Waals surface area contributed by atoms with Crippen molar-refractivity contribution in [2.24, 2.45) is 5.92 Å². The Morgan fingerprint density at radius 1 is 1.14 bits per heavy atom. The molecule has 2 aliphatic heterocycles. The first kappa shape index (κ1) is 27.1. The number of aromatic hydroxyl groups is 1. The summed E-state index contributed by atoms with van der Waals surface area (Å²) in [5, 5.41) is 31.0. The Bertz CT molecular complexity index is 1080. The van der Waals surface area contributed by atoms with Crippen molar-refractivity contribution in [1.29, 1.82) is 0 Å². The highest BCUT2D eigenvalue weighted by atomic mass is 16.3. The predicted octanol–water partition coefficient (Wildman–Crippen LogP) is 2.80. The SMILES string of the molecule is CCCCN1C(=O)[C@@H]([C@H](O)C(C)C)NC(=O)C12CCN(C(c1cn[nH]c1)c1cc(C)c(O)c(C)c1)CC2. The molecule has 1 unspecified atom stereocenters. The molecular formula is C28H41N5O4. The highest BCUT2D eigenvalue weighted by molar-refractivity contribution is 6.00. The first-order valence-corrected chi connectivity index (χ1v) is 13.4. The van der Waals surface area contributed by atoms with Gasteiger partial charge in [0.2, 0.25) is 11.8 Å². The van der Waals surface area contributed by atoms with Crippen LogP contribution in [0.2, 0.25) is 0 Å².